The third-order valence-electron chi connectivity index (χ3n) is 2.72. The summed E-state index contributed by atoms with van der Waals surface area (Å²) in [4.78, 5) is 0. The first-order chi connectivity index (χ1) is 7.11. The fourth-order valence-corrected chi connectivity index (χ4v) is 1.95. The molecule has 0 amide bonds. The molecule has 2 nitrogen and oxygen atoms in total. The first-order valence-electron chi connectivity index (χ1n) is 5.49. The van der Waals surface area contributed by atoms with Crippen molar-refractivity contribution < 1.29 is 9.47 Å². The second-order valence-corrected chi connectivity index (χ2v) is 4.59. The lowest BCUT2D eigenvalue weighted by molar-refractivity contribution is -0.0401. The van der Waals surface area contributed by atoms with Gasteiger partial charge in [-0.2, -0.15) is 0 Å². The van der Waals surface area contributed by atoms with Gasteiger partial charge in [0.15, 0.2) is 0 Å². The number of hydrogen-bond acceptors (Lipinski definition) is 2. The smallest absolute Gasteiger partial charge is 0.119 e. The van der Waals surface area contributed by atoms with E-state index in [0.29, 0.717) is 0 Å². The fourth-order valence-electron chi connectivity index (χ4n) is 1.95. The monoisotopic (exact) mass is 206 g/mol. The lowest BCUT2D eigenvalue weighted by Crippen LogP contribution is -2.31. The molecular weight excluding hydrogens is 188 g/mol. The van der Waals surface area contributed by atoms with Crippen molar-refractivity contribution >= 4 is 0 Å². The minimum absolute atomic E-state index is 0.0438. The predicted molar refractivity (Wildman–Crippen MR) is 60.2 cm³/mol. The molecule has 1 aliphatic rings. The first-order valence-corrected chi connectivity index (χ1v) is 5.49. The summed E-state index contributed by atoms with van der Waals surface area (Å²) in [6.07, 6.45) is 0.962. The molecule has 1 aromatic carbocycles. The Hall–Kier alpha value is -1.02. The third kappa shape index (κ3) is 2.32. The number of ether oxygens (including phenoxy) is 2. The summed E-state index contributed by atoms with van der Waals surface area (Å²) in [5.74, 6) is 0.967. The zero-order valence-electron chi connectivity index (χ0n) is 9.67. The fraction of sp³-hybridized carbons (Fsp3) is 0.538. The largest absolute Gasteiger partial charge is 0.494 e. The van der Waals surface area contributed by atoms with Gasteiger partial charge in [-0.1, -0.05) is 6.07 Å². The number of benzene rings is 1. The van der Waals surface area contributed by atoms with E-state index in [1.165, 1.54) is 11.1 Å². The van der Waals surface area contributed by atoms with Gasteiger partial charge in [0.1, 0.15) is 5.75 Å². The molecule has 1 aromatic rings. The SMILES string of the molecule is CCOc1ccc2c(c1)CC(C)(C)OC2. The van der Waals surface area contributed by atoms with Gasteiger partial charge in [0.05, 0.1) is 18.8 Å². The molecule has 0 N–H and O–H groups in total. The summed E-state index contributed by atoms with van der Waals surface area (Å²) in [7, 11) is 0. The summed E-state index contributed by atoms with van der Waals surface area (Å²) in [5.41, 5.74) is 2.60. The Morgan fingerprint density at radius 3 is 2.87 bits per heavy atom. The van der Waals surface area contributed by atoms with Crippen LogP contribution in [0.3, 0.4) is 0 Å². The van der Waals surface area contributed by atoms with Gasteiger partial charge in [-0.25, -0.2) is 0 Å². The molecule has 0 aromatic heterocycles. The van der Waals surface area contributed by atoms with Gasteiger partial charge in [0.2, 0.25) is 0 Å². The van der Waals surface area contributed by atoms with Crippen LogP contribution < -0.4 is 4.74 Å². The molecule has 1 aliphatic heterocycles. The van der Waals surface area contributed by atoms with Crippen molar-refractivity contribution in [3.63, 3.8) is 0 Å². The highest BCUT2D eigenvalue weighted by Gasteiger charge is 2.25. The standard InChI is InChI=1S/C13H18O2/c1-4-14-12-6-5-10-9-15-13(2,3)8-11(10)7-12/h5-7H,4,8-9H2,1-3H3. The Balaban J connectivity index is 2.27. The minimum Gasteiger partial charge on any atom is -0.494 e. The summed E-state index contributed by atoms with van der Waals surface area (Å²) in [6.45, 7) is 7.70. The highest BCUT2D eigenvalue weighted by molar-refractivity contribution is 5.37. The van der Waals surface area contributed by atoms with Crippen LogP contribution in [0.4, 0.5) is 0 Å². The van der Waals surface area contributed by atoms with E-state index in [2.05, 4.69) is 26.0 Å². The second kappa shape index (κ2) is 3.86. The molecule has 0 unspecified atom stereocenters. The first kappa shape index (κ1) is 10.5. The van der Waals surface area contributed by atoms with Crippen LogP contribution in [0.25, 0.3) is 0 Å². The van der Waals surface area contributed by atoms with Crippen LogP contribution in [0.2, 0.25) is 0 Å². The minimum atomic E-state index is -0.0438. The molecule has 2 heteroatoms. The average molecular weight is 206 g/mol. The quantitative estimate of drug-likeness (QED) is 0.740. The van der Waals surface area contributed by atoms with Crippen molar-refractivity contribution in [1.29, 1.82) is 0 Å². The summed E-state index contributed by atoms with van der Waals surface area (Å²) >= 11 is 0. The molecule has 15 heavy (non-hydrogen) atoms. The molecule has 0 atom stereocenters. The van der Waals surface area contributed by atoms with Crippen LogP contribution in [-0.2, 0) is 17.8 Å². The van der Waals surface area contributed by atoms with E-state index in [1.807, 2.05) is 13.0 Å². The average Bonchev–Trinajstić information content (AvgIpc) is 2.16. The molecule has 0 spiro atoms. The molecule has 82 valence electrons. The highest BCUT2D eigenvalue weighted by atomic mass is 16.5. The molecule has 2 rings (SSSR count). The molecule has 0 saturated heterocycles. The Labute approximate surface area is 91.2 Å². The van der Waals surface area contributed by atoms with E-state index >= 15 is 0 Å². The molecule has 0 radical (unpaired) electrons. The number of rotatable bonds is 2. The Morgan fingerprint density at radius 1 is 1.33 bits per heavy atom. The zero-order chi connectivity index (χ0) is 10.9. The van der Waals surface area contributed by atoms with Gasteiger partial charge in [0.25, 0.3) is 0 Å². The van der Waals surface area contributed by atoms with E-state index in [1.54, 1.807) is 0 Å². The molecule has 0 saturated carbocycles. The molecule has 0 fully saturated rings. The van der Waals surface area contributed by atoms with Gasteiger partial charge >= 0.3 is 0 Å². The number of hydrogen-bond donors (Lipinski definition) is 0. The molecule has 0 bridgehead atoms. The van der Waals surface area contributed by atoms with Gasteiger partial charge in [-0.3, -0.25) is 0 Å². The van der Waals surface area contributed by atoms with E-state index in [-0.39, 0.29) is 5.60 Å². The van der Waals surface area contributed by atoms with Crippen molar-refractivity contribution in [3.05, 3.63) is 29.3 Å². The van der Waals surface area contributed by atoms with Crippen LogP contribution in [-0.4, -0.2) is 12.2 Å². The second-order valence-electron chi connectivity index (χ2n) is 4.59. The Morgan fingerprint density at radius 2 is 2.13 bits per heavy atom. The maximum Gasteiger partial charge on any atom is 0.119 e. The van der Waals surface area contributed by atoms with Crippen molar-refractivity contribution in [3.8, 4) is 5.75 Å². The summed E-state index contributed by atoms with van der Waals surface area (Å²) in [6, 6.07) is 6.27. The summed E-state index contributed by atoms with van der Waals surface area (Å²) in [5, 5.41) is 0. The maximum absolute atomic E-state index is 5.75. The van der Waals surface area contributed by atoms with Crippen molar-refractivity contribution in [2.24, 2.45) is 0 Å². The van der Waals surface area contributed by atoms with Crippen LogP contribution in [0.5, 0.6) is 5.75 Å². The Kier molecular flexibility index (Phi) is 2.70. The lowest BCUT2D eigenvalue weighted by atomic mass is 9.92. The normalized spacial score (nSPS) is 18.3. The van der Waals surface area contributed by atoms with Gasteiger partial charge in [-0.15, -0.1) is 0 Å². The van der Waals surface area contributed by atoms with Crippen LogP contribution in [0, 0.1) is 0 Å². The van der Waals surface area contributed by atoms with E-state index in [9.17, 15) is 0 Å². The van der Waals surface area contributed by atoms with Gasteiger partial charge in [0, 0.05) is 6.42 Å². The van der Waals surface area contributed by atoms with Crippen LogP contribution in [0.15, 0.2) is 18.2 Å². The zero-order valence-corrected chi connectivity index (χ0v) is 9.67. The van der Waals surface area contributed by atoms with Gasteiger partial charge in [-0.05, 0) is 44.0 Å². The van der Waals surface area contributed by atoms with Crippen LogP contribution >= 0.6 is 0 Å². The van der Waals surface area contributed by atoms with E-state index < -0.39 is 0 Å². The summed E-state index contributed by atoms with van der Waals surface area (Å²) < 4.78 is 11.3. The van der Waals surface area contributed by atoms with Gasteiger partial charge < -0.3 is 9.47 Å². The van der Waals surface area contributed by atoms with E-state index in [4.69, 9.17) is 9.47 Å². The highest BCUT2D eigenvalue weighted by Crippen LogP contribution is 2.30. The predicted octanol–water partition coefficient (Wildman–Crippen LogP) is 2.94. The third-order valence-corrected chi connectivity index (χ3v) is 2.72. The van der Waals surface area contributed by atoms with Crippen molar-refractivity contribution in [2.45, 2.75) is 39.4 Å². The van der Waals surface area contributed by atoms with Crippen molar-refractivity contribution in [2.75, 3.05) is 6.61 Å². The van der Waals surface area contributed by atoms with Crippen molar-refractivity contribution in [1.82, 2.24) is 0 Å². The lowest BCUT2D eigenvalue weighted by Gasteiger charge is -2.31. The topological polar surface area (TPSA) is 18.5 Å². The number of fused-ring (bicyclic) bond motifs is 1. The van der Waals surface area contributed by atoms with E-state index in [0.717, 1.165) is 25.4 Å². The Bertz CT molecular complexity index is 356. The molecular formula is C13H18O2. The van der Waals surface area contributed by atoms with Crippen LogP contribution in [0.1, 0.15) is 31.9 Å². The molecule has 1 heterocycles. The maximum atomic E-state index is 5.75. The molecule has 0 aliphatic carbocycles.